The highest BCUT2D eigenvalue weighted by molar-refractivity contribution is 5.79. The topological polar surface area (TPSA) is 92.7 Å². The lowest BCUT2D eigenvalue weighted by Crippen LogP contribution is -2.33. The zero-order chi connectivity index (χ0) is 29.1. The molecule has 0 aliphatic heterocycles. The highest BCUT2D eigenvalue weighted by Crippen LogP contribution is 2.19. The lowest BCUT2D eigenvalue weighted by Gasteiger charge is -2.16. The van der Waals surface area contributed by atoms with Gasteiger partial charge in [-0.3, -0.25) is 14.4 Å². The standard InChI is InChI=1S/C33H63NO5/c1-5-8-11-15-20-29(19-10-7-3)33(38)39-27-18-14-13-17-22-30(35)24-23-28(4)34-32(37)26-25-31(36)21-16-12-9-6-2/h28-29,31,36H,5-27H2,1-4H3,(H,34,37). The van der Waals surface area contributed by atoms with Crippen molar-refractivity contribution in [2.45, 2.75) is 181 Å². The Balaban J connectivity index is 3.85. The molecule has 3 atom stereocenters. The Morgan fingerprint density at radius 1 is 0.641 bits per heavy atom. The van der Waals surface area contributed by atoms with Crippen molar-refractivity contribution in [3.05, 3.63) is 0 Å². The Labute approximate surface area is 240 Å². The predicted molar refractivity (Wildman–Crippen MR) is 162 cm³/mol. The third-order valence-electron chi connectivity index (χ3n) is 7.60. The van der Waals surface area contributed by atoms with Gasteiger partial charge in [0.1, 0.15) is 5.78 Å². The van der Waals surface area contributed by atoms with E-state index in [-0.39, 0.29) is 29.6 Å². The fourth-order valence-corrected chi connectivity index (χ4v) is 4.89. The highest BCUT2D eigenvalue weighted by Gasteiger charge is 2.19. The predicted octanol–water partition coefficient (Wildman–Crippen LogP) is 8.22. The second kappa shape index (κ2) is 26.8. The van der Waals surface area contributed by atoms with Crippen LogP contribution in [0.4, 0.5) is 0 Å². The summed E-state index contributed by atoms with van der Waals surface area (Å²) in [6.45, 7) is 8.95. The first kappa shape index (κ1) is 37.6. The Hall–Kier alpha value is -1.43. The largest absolute Gasteiger partial charge is 0.465 e. The highest BCUT2D eigenvalue weighted by atomic mass is 16.5. The number of hydrogen-bond acceptors (Lipinski definition) is 5. The van der Waals surface area contributed by atoms with E-state index in [0.717, 1.165) is 77.0 Å². The van der Waals surface area contributed by atoms with Gasteiger partial charge >= 0.3 is 5.97 Å². The summed E-state index contributed by atoms with van der Waals surface area (Å²) in [4.78, 5) is 36.9. The second-order valence-electron chi connectivity index (χ2n) is 11.6. The SMILES string of the molecule is CCCCCCC(O)CCC(=O)NC(C)CCC(=O)CCCCCCOC(=O)C(CCCC)CCCCCC. The van der Waals surface area contributed by atoms with Crippen LogP contribution in [0.25, 0.3) is 0 Å². The van der Waals surface area contributed by atoms with E-state index in [1.807, 2.05) is 6.92 Å². The minimum Gasteiger partial charge on any atom is -0.465 e. The maximum absolute atomic E-state index is 12.5. The van der Waals surface area contributed by atoms with E-state index in [2.05, 4.69) is 26.1 Å². The van der Waals surface area contributed by atoms with E-state index >= 15 is 0 Å². The van der Waals surface area contributed by atoms with Gasteiger partial charge in [-0.05, 0) is 51.9 Å². The quantitative estimate of drug-likeness (QED) is 0.0752. The van der Waals surface area contributed by atoms with Crippen molar-refractivity contribution in [2.75, 3.05) is 6.61 Å². The maximum Gasteiger partial charge on any atom is 0.308 e. The summed E-state index contributed by atoms with van der Waals surface area (Å²) < 4.78 is 5.58. The lowest BCUT2D eigenvalue weighted by atomic mass is 9.95. The van der Waals surface area contributed by atoms with E-state index in [4.69, 9.17) is 4.74 Å². The lowest BCUT2D eigenvalue weighted by molar-refractivity contribution is -0.149. The van der Waals surface area contributed by atoms with Gasteiger partial charge in [-0.15, -0.1) is 0 Å². The summed E-state index contributed by atoms with van der Waals surface area (Å²) >= 11 is 0. The van der Waals surface area contributed by atoms with Gasteiger partial charge in [-0.25, -0.2) is 0 Å². The van der Waals surface area contributed by atoms with Crippen LogP contribution in [0.5, 0.6) is 0 Å². The molecule has 6 heteroatoms. The third-order valence-corrected chi connectivity index (χ3v) is 7.60. The molecule has 0 aromatic heterocycles. The molecule has 0 aliphatic rings. The van der Waals surface area contributed by atoms with Crippen LogP contribution < -0.4 is 5.32 Å². The van der Waals surface area contributed by atoms with E-state index in [0.29, 0.717) is 38.7 Å². The number of ether oxygens (including phenoxy) is 1. The van der Waals surface area contributed by atoms with Crippen molar-refractivity contribution >= 4 is 17.7 Å². The van der Waals surface area contributed by atoms with Crippen LogP contribution in [-0.2, 0) is 19.1 Å². The molecule has 0 saturated heterocycles. The van der Waals surface area contributed by atoms with Crippen LogP contribution in [-0.4, -0.2) is 41.5 Å². The average molecular weight is 554 g/mol. The normalized spacial score (nSPS) is 13.6. The molecule has 3 unspecified atom stereocenters. The molecule has 39 heavy (non-hydrogen) atoms. The number of ketones is 1. The number of nitrogens with one attached hydrogen (secondary N) is 1. The molecule has 0 fully saturated rings. The fourth-order valence-electron chi connectivity index (χ4n) is 4.89. The van der Waals surface area contributed by atoms with E-state index in [1.165, 1.54) is 32.1 Å². The molecule has 230 valence electrons. The Morgan fingerprint density at radius 2 is 1.23 bits per heavy atom. The molecule has 0 saturated carbocycles. The van der Waals surface area contributed by atoms with Gasteiger partial charge in [0.25, 0.3) is 0 Å². The second-order valence-corrected chi connectivity index (χ2v) is 11.6. The van der Waals surface area contributed by atoms with Crippen molar-refractivity contribution in [3.63, 3.8) is 0 Å². The molecule has 0 heterocycles. The summed E-state index contributed by atoms with van der Waals surface area (Å²) in [5.41, 5.74) is 0. The van der Waals surface area contributed by atoms with Crippen molar-refractivity contribution in [1.29, 1.82) is 0 Å². The molecule has 0 aromatic rings. The smallest absolute Gasteiger partial charge is 0.308 e. The first-order valence-electron chi connectivity index (χ1n) is 16.5. The van der Waals surface area contributed by atoms with Crippen molar-refractivity contribution in [1.82, 2.24) is 5.32 Å². The maximum atomic E-state index is 12.5. The number of carbonyl (C=O) groups is 3. The van der Waals surface area contributed by atoms with Crippen LogP contribution >= 0.6 is 0 Å². The molecule has 0 rings (SSSR count). The minimum absolute atomic E-state index is 0.0186. The Morgan fingerprint density at radius 3 is 1.90 bits per heavy atom. The fraction of sp³-hybridized carbons (Fsp3) is 0.909. The average Bonchev–Trinajstić information content (AvgIpc) is 2.92. The van der Waals surface area contributed by atoms with Gasteiger partial charge in [0.15, 0.2) is 0 Å². The van der Waals surface area contributed by atoms with Crippen molar-refractivity contribution in [2.24, 2.45) is 5.92 Å². The number of aliphatic hydroxyl groups excluding tert-OH is 1. The molecule has 1 amide bonds. The van der Waals surface area contributed by atoms with Crippen LogP contribution in [0.15, 0.2) is 0 Å². The summed E-state index contributed by atoms with van der Waals surface area (Å²) in [7, 11) is 0. The number of rotatable bonds is 28. The number of amides is 1. The zero-order valence-corrected chi connectivity index (χ0v) is 26.1. The minimum atomic E-state index is -0.403. The summed E-state index contributed by atoms with van der Waals surface area (Å²) in [6.07, 6.45) is 19.9. The van der Waals surface area contributed by atoms with E-state index in [1.54, 1.807) is 0 Å². The number of Topliss-reactive ketones (excluding diaryl/α,β-unsaturated/α-hetero) is 1. The van der Waals surface area contributed by atoms with Crippen LogP contribution in [0.3, 0.4) is 0 Å². The number of hydrogen-bond donors (Lipinski definition) is 2. The van der Waals surface area contributed by atoms with Crippen LogP contribution in [0, 0.1) is 5.92 Å². The molecule has 6 nitrogen and oxygen atoms in total. The number of esters is 1. The zero-order valence-electron chi connectivity index (χ0n) is 26.1. The molecule has 0 bridgehead atoms. The molecular formula is C33H63NO5. The molecular weight excluding hydrogens is 490 g/mol. The van der Waals surface area contributed by atoms with E-state index in [9.17, 15) is 19.5 Å². The van der Waals surface area contributed by atoms with Gasteiger partial charge in [0, 0.05) is 25.3 Å². The Kier molecular flexibility index (Phi) is 25.8. The third kappa shape index (κ3) is 24.1. The van der Waals surface area contributed by atoms with Gasteiger partial charge in [-0.2, -0.15) is 0 Å². The number of aliphatic hydroxyl groups is 1. The van der Waals surface area contributed by atoms with Crippen molar-refractivity contribution < 1.29 is 24.2 Å². The van der Waals surface area contributed by atoms with Crippen LogP contribution in [0.2, 0.25) is 0 Å². The summed E-state index contributed by atoms with van der Waals surface area (Å²) in [5.74, 6) is 0.233. The molecule has 2 N–H and O–H groups in total. The summed E-state index contributed by atoms with van der Waals surface area (Å²) in [5, 5.41) is 13.0. The monoisotopic (exact) mass is 553 g/mol. The first-order chi connectivity index (χ1) is 18.8. The van der Waals surface area contributed by atoms with E-state index < -0.39 is 6.10 Å². The van der Waals surface area contributed by atoms with Gasteiger partial charge in [-0.1, -0.05) is 97.8 Å². The molecule has 0 aliphatic carbocycles. The molecule has 0 aromatic carbocycles. The molecule has 0 spiro atoms. The Bertz CT molecular complexity index is 609. The first-order valence-corrected chi connectivity index (χ1v) is 16.5. The van der Waals surface area contributed by atoms with Gasteiger partial charge in [0.2, 0.25) is 5.91 Å². The number of carbonyl (C=O) groups excluding carboxylic acids is 3. The number of unbranched alkanes of at least 4 members (excludes halogenated alkanes) is 10. The van der Waals surface area contributed by atoms with Gasteiger partial charge < -0.3 is 15.2 Å². The van der Waals surface area contributed by atoms with Crippen molar-refractivity contribution in [3.8, 4) is 0 Å². The summed E-state index contributed by atoms with van der Waals surface area (Å²) in [6, 6.07) is -0.0365. The van der Waals surface area contributed by atoms with Crippen LogP contribution in [0.1, 0.15) is 169 Å². The molecule has 0 radical (unpaired) electrons. The van der Waals surface area contributed by atoms with Gasteiger partial charge in [0.05, 0.1) is 18.6 Å².